The van der Waals surface area contributed by atoms with Gasteiger partial charge in [0, 0.05) is 16.4 Å². The minimum absolute atomic E-state index is 0.0794. The molecule has 1 aliphatic heterocycles. The first-order valence-corrected chi connectivity index (χ1v) is 9.91. The third-order valence-electron chi connectivity index (χ3n) is 4.23. The number of pyridine rings is 1. The fourth-order valence-electron chi connectivity index (χ4n) is 2.96. The van der Waals surface area contributed by atoms with Crippen LogP contribution in [0.5, 0.6) is 5.88 Å². The van der Waals surface area contributed by atoms with Gasteiger partial charge in [-0.05, 0) is 69.0 Å². The number of nitrogens with zero attached hydrogens (tertiary/aromatic N) is 1. The van der Waals surface area contributed by atoms with Crippen LogP contribution < -0.4 is 20.7 Å². The quantitative estimate of drug-likeness (QED) is 0.661. The van der Waals surface area contributed by atoms with Gasteiger partial charge in [0.25, 0.3) is 0 Å². The van der Waals surface area contributed by atoms with Crippen LogP contribution in [0.4, 0.5) is 16.2 Å². The predicted octanol–water partition coefficient (Wildman–Crippen LogP) is 4.01. The first-order valence-electron chi connectivity index (χ1n) is 9.12. The Kier molecular flexibility index (Phi) is 6.18. The molecule has 1 unspecified atom stereocenters. The van der Waals surface area contributed by atoms with Crippen molar-refractivity contribution in [2.45, 2.75) is 45.8 Å². The maximum atomic E-state index is 12.5. The van der Waals surface area contributed by atoms with Crippen molar-refractivity contribution in [3.63, 3.8) is 0 Å². The van der Waals surface area contributed by atoms with E-state index in [-0.39, 0.29) is 12.0 Å². The van der Waals surface area contributed by atoms with Gasteiger partial charge in [0.15, 0.2) is 0 Å². The number of urea groups is 1. The minimum atomic E-state index is -0.640. The lowest BCUT2D eigenvalue weighted by atomic mass is 10.1. The average Bonchev–Trinajstić information content (AvgIpc) is 2.76. The maximum Gasteiger partial charge on any atom is 0.320 e. The molecule has 28 heavy (non-hydrogen) atoms. The zero-order chi connectivity index (χ0) is 20.3. The zero-order valence-electron chi connectivity index (χ0n) is 16.0. The Labute approximate surface area is 172 Å². The predicted molar refractivity (Wildman–Crippen MR) is 112 cm³/mol. The molecule has 0 radical (unpaired) electrons. The monoisotopic (exact) mass is 446 g/mol. The molecule has 8 heteroatoms. The van der Waals surface area contributed by atoms with Crippen molar-refractivity contribution in [3.8, 4) is 5.88 Å². The lowest BCUT2D eigenvalue weighted by molar-refractivity contribution is -0.117. The van der Waals surface area contributed by atoms with Crippen LogP contribution >= 0.6 is 15.9 Å². The molecule has 0 fully saturated rings. The number of hydrogen-bond acceptors (Lipinski definition) is 4. The topological polar surface area (TPSA) is 92.3 Å². The number of carbonyl (C=O) groups excluding carboxylic acids is 2. The number of halogens is 1. The molecule has 0 saturated heterocycles. The summed E-state index contributed by atoms with van der Waals surface area (Å²) in [4.78, 5) is 29.3. The van der Waals surface area contributed by atoms with Gasteiger partial charge in [0.1, 0.15) is 11.7 Å². The molecule has 148 valence electrons. The van der Waals surface area contributed by atoms with Crippen molar-refractivity contribution in [1.29, 1.82) is 0 Å². The second kappa shape index (κ2) is 8.60. The fourth-order valence-corrected chi connectivity index (χ4v) is 3.37. The molecule has 1 aromatic carbocycles. The summed E-state index contributed by atoms with van der Waals surface area (Å²) in [7, 11) is 0. The van der Waals surface area contributed by atoms with Crippen LogP contribution in [0, 0.1) is 6.92 Å². The summed E-state index contributed by atoms with van der Waals surface area (Å²) in [6.07, 6.45) is 2.77. The van der Waals surface area contributed by atoms with Gasteiger partial charge in [0.05, 0.1) is 6.10 Å². The highest BCUT2D eigenvalue weighted by Gasteiger charge is 2.25. The number of carbonyl (C=O) groups is 2. The lowest BCUT2D eigenvalue weighted by Crippen LogP contribution is -2.45. The van der Waals surface area contributed by atoms with E-state index in [0.717, 1.165) is 21.3 Å². The Bertz CT molecular complexity index is 901. The van der Waals surface area contributed by atoms with Crippen LogP contribution in [-0.2, 0) is 11.2 Å². The summed E-state index contributed by atoms with van der Waals surface area (Å²) in [5, 5.41) is 8.38. The second-order valence-electron chi connectivity index (χ2n) is 7.01. The summed E-state index contributed by atoms with van der Waals surface area (Å²) >= 11 is 3.44. The van der Waals surface area contributed by atoms with E-state index in [9.17, 15) is 9.59 Å². The highest BCUT2D eigenvalue weighted by molar-refractivity contribution is 9.10. The number of hydrogen-bond donors (Lipinski definition) is 3. The molecule has 1 aromatic heterocycles. The minimum Gasteiger partial charge on any atom is -0.473 e. The van der Waals surface area contributed by atoms with Crippen LogP contribution in [0.15, 0.2) is 34.9 Å². The number of aromatic nitrogens is 1. The van der Waals surface area contributed by atoms with Gasteiger partial charge >= 0.3 is 6.03 Å². The smallest absolute Gasteiger partial charge is 0.320 e. The van der Waals surface area contributed by atoms with Crippen LogP contribution in [0.25, 0.3) is 0 Å². The number of benzene rings is 1. The fraction of sp³-hybridized carbons (Fsp3) is 0.350. The van der Waals surface area contributed by atoms with Gasteiger partial charge in [-0.25, -0.2) is 9.78 Å². The van der Waals surface area contributed by atoms with E-state index >= 15 is 0 Å². The lowest BCUT2D eigenvalue weighted by Gasteiger charge is -2.18. The summed E-state index contributed by atoms with van der Waals surface area (Å²) < 4.78 is 6.60. The summed E-state index contributed by atoms with van der Waals surface area (Å²) in [6.45, 7) is 5.65. The summed E-state index contributed by atoms with van der Waals surface area (Å²) in [5.74, 6) is 0.107. The van der Waals surface area contributed by atoms with Crippen LogP contribution in [0.1, 0.15) is 31.4 Å². The molecule has 3 rings (SSSR count). The Morgan fingerprint density at radius 1 is 1.36 bits per heavy atom. The van der Waals surface area contributed by atoms with Gasteiger partial charge in [-0.1, -0.05) is 15.9 Å². The van der Waals surface area contributed by atoms with Gasteiger partial charge in [0.2, 0.25) is 11.8 Å². The summed E-state index contributed by atoms with van der Waals surface area (Å²) in [6, 6.07) is 6.37. The highest BCUT2D eigenvalue weighted by atomic mass is 79.9. The van der Waals surface area contributed by atoms with E-state index in [1.165, 1.54) is 0 Å². The molecule has 0 spiro atoms. The SMILES string of the molecule is Cc1cnc(OC(C)C)c(NC(=O)NC2CCc3cc(Br)ccc3NC2=O)c1. The molecular weight excluding hydrogens is 424 g/mol. The van der Waals surface area contributed by atoms with E-state index in [4.69, 9.17) is 4.74 Å². The van der Waals surface area contributed by atoms with Crippen molar-refractivity contribution >= 4 is 39.2 Å². The van der Waals surface area contributed by atoms with Crippen molar-refractivity contribution in [2.75, 3.05) is 10.6 Å². The molecule has 0 aliphatic carbocycles. The average molecular weight is 447 g/mol. The third-order valence-corrected chi connectivity index (χ3v) is 4.73. The highest BCUT2D eigenvalue weighted by Crippen LogP contribution is 2.26. The maximum absolute atomic E-state index is 12.5. The number of rotatable bonds is 4. The number of amides is 3. The van der Waals surface area contributed by atoms with Crippen molar-refractivity contribution < 1.29 is 14.3 Å². The van der Waals surface area contributed by atoms with Crippen LogP contribution in [0.3, 0.4) is 0 Å². The van der Waals surface area contributed by atoms with Gasteiger partial charge in [-0.2, -0.15) is 0 Å². The van der Waals surface area contributed by atoms with Crippen molar-refractivity contribution in [3.05, 3.63) is 46.1 Å². The van der Waals surface area contributed by atoms with Crippen molar-refractivity contribution in [2.24, 2.45) is 0 Å². The molecule has 7 nitrogen and oxygen atoms in total. The third kappa shape index (κ3) is 5.01. The number of aryl methyl sites for hydroxylation is 2. The molecule has 1 aliphatic rings. The Hall–Kier alpha value is -2.61. The van der Waals surface area contributed by atoms with E-state index in [2.05, 4.69) is 36.9 Å². The van der Waals surface area contributed by atoms with Crippen LogP contribution in [0.2, 0.25) is 0 Å². The van der Waals surface area contributed by atoms with Gasteiger partial charge < -0.3 is 20.7 Å². The first-order chi connectivity index (χ1) is 13.3. The second-order valence-corrected chi connectivity index (χ2v) is 7.93. The number of ether oxygens (including phenoxy) is 1. The molecule has 0 bridgehead atoms. The first kappa shape index (κ1) is 20.1. The molecule has 1 atom stereocenters. The zero-order valence-corrected chi connectivity index (χ0v) is 17.6. The van der Waals surface area contributed by atoms with E-state index < -0.39 is 12.1 Å². The normalized spacial score (nSPS) is 16.0. The van der Waals surface area contributed by atoms with Crippen LogP contribution in [-0.4, -0.2) is 29.1 Å². The largest absolute Gasteiger partial charge is 0.473 e. The molecular formula is C20H23BrN4O3. The van der Waals surface area contributed by atoms with Gasteiger partial charge in [-0.15, -0.1) is 0 Å². The molecule has 2 aromatic rings. The van der Waals surface area contributed by atoms with Crippen molar-refractivity contribution in [1.82, 2.24) is 10.3 Å². The van der Waals surface area contributed by atoms with E-state index in [0.29, 0.717) is 24.4 Å². The Morgan fingerprint density at radius 2 is 2.14 bits per heavy atom. The molecule has 3 N–H and O–H groups in total. The molecule has 2 heterocycles. The molecule has 0 saturated carbocycles. The van der Waals surface area contributed by atoms with E-state index in [1.807, 2.05) is 39.0 Å². The number of fused-ring (bicyclic) bond motifs is 1. The Morgan fingerprint density at radius 3 is 2.89 bits per heavy atom. The number of anilines is 2. The standard InChI is InChI=1S/C20H23BrN4O3/c1-11(2)28-19-17(8-12(3)10-22-19)25-20(27)24-16-6-4-13-9-14(21)5-7-15(13)23-18(16)26/h5,7-11,16H,4,6H2,1-3H3,(H,23,26)(H2,24,25,27). The number of nitrogens with one attached hydrogen (secondary N) is 3. The Balaban J connectivity index is 1.69. The van der Waals surface area contributed by atoms with E-state index in [1.54, 1.807) is 12.3 Å². The summed E-state index contributed by atoms with van der Waals surface area (Å²) in [5.41, 5.74) is 3.16. The van der Waals surface area contributed by atoms with Gasteiger partial charge in [-0.3, -0.25) is 4.79 Å². The molecule has 3 amide bonds.